The molecule has 0 aromatic carbocycles. The third-order valence-corrected chi connectivity index (χ3v) is 1.43. The monoisotopic (exact) mass is 170 g/mol. The van der Waals surface area contributed by atoms with Gasteiger partial charge in [-0.3, -0.25) is 0 Å². The van der Waals surface area contributed by atoms with Crippen molar-refractivity contribution in [3.05, 3.63) is 23.7 Å². The van der Waals surface area contributed by atoms with Crippen LogP contribution in [-0.4, -0.2) is 20.2 Å². The van der Waals surface area contributed by atoms with E-state index >= 15 is 0 Å². The van der Waals surface area contributed by atoms with E-state index in [0.717, 1.165) is 0 Å². The third-order valence-electron chi connectivity index (χ3n) is 1.43. The maximum absolute atomic E-state index is 11.0. The summed E-state index contributed by atoms with van der Waals surface area (Å²) in [5, 5.41) is 0. The lowest BCUT2D eigenvalue weighted by atomic mass is 10.2. The quantitative estimate of drug-likeness (QED) is 0.640. The molecule has 0 atom stereocenters. The Morgan fingerprint density at radius 2 is 2.33 bits per heavy atom. The lowest BCUT2D eigenvalue weighted by Gasteiger charge is -1.98. The summed E-state index contributed by atoms with van der Waals surface area (Å²) >= 11 is 0. The van der Waals surface area contributed by atoms with Crippen LogP contribution in [0.25, 0.3) is 0 Å². The van der Waals surface area contributed by atoms with E-state index in [2.05, 4.69) is 4.74 Å². The van der Waals surface area contributed by atoms with Crippen LogP contribution in [0.2, 0.25) is 0 Å². The Morgan fingerprint density at radius 3 is 2.92 bits per heavy atom. The molecule has 0 unspecified atom stereocenters. The van der Waals surface area contributed by atoms with Crippen molar-refractivity contribution in [2.24, 2.45) is 0 Å². The summed E-state index contributed by atoms with van der Waals surface area (Å²) in [6, 6.07) is 1.56. The van der Waals surface area contributed by atoms with E-state index in [1.165, 1.54) is 20.5 Å². The fourth-order valence-electron chi connectivity index (χ4n) is 0.875. The van der Waals surface area contributed by atoms with Crippen LogP contribution in [0, 0.1) is 0 Å². The molecule has 1 aromatic heterocycles. The standard InChI is InChI=1S/C8H10O4/c1-10-5-7-6(3-4-12-7)8(9)11-2/h3-4H,5H2,1-2H3. The molecule has 0 aliphatic carbocycles. The van der Waals surface area contributed by atoms with Gasteiger partial charge in [0.1, 0.15) is 17.9 Å². The van der Waals surface area contributed by atoms with E-state index in [9.17, 15) is 4.79 Å². The Hall–Kier alpha value is -1.29. The zero-order chi connectivity index (χ0) is 8.97. The minimum absolute atomic E-state index is 0.275. The molecule has 4 nitrogen and oxygen atoms in total. The second-order valence-electron chi connectivity index (χ2n) is 2.18. The fraction of sp³-hybridized carbons (Fsp3) is 0.375. The Morgan fingerprint density at radius 1 is 1.58 bits per heavy atom. The normalized spacial score (nSPS) is 9.83. The lowest BCUT2D eigenvalue weighted by molar-refractivity contribution is 0.0592. The molecule has 0 aliphatic rings. The van der Waals surface area contributed by atoms with Crippen molar-refractivity contribution in [1.29, 1.82) is 0 Å². The first-order chi connectivity index (χ1) is 5.79. The molecule has 0 bridgehead atoms. The van der Waals surface area contributed by atoms with Crippen molar-refractivity contribution in [2.45, 2.75) is 6.61 Å². The van der Waals surface area contributed by atoms with Gasteiger partial charge in [-0.1, -0.05) is 0 Å². The zero-order valence-electron chi connectivity index (χ0n) is 6.99. The van der Waals surface area contributed by atoms with Crippen molar-refractivity contribution >= 4 is 5.97 Å². The summed E-state index contributed by atoms with van der Waals surface area (Å²) < 4.78 is 14.3. The number of ether oxygens (including phenoxy) is 2. The molecule has 0 fully saturated rings. The Bertz CT molecular complexity index is 264. The highest BCUT2D eigenvalue weighted by molar-refractivity contribution is 5.90. The van der Waals surface area contributed by atoms with Crippen molar-refractivity contribution in [1.82, 2.24) is 0 Å². The number of carbonyl (C=O) groups is 1. The SMILES string of the molecule is COCc1occc1C(=O)OC. The van der Waals surface area contributed by atoms with Crippen LogP contribution < -0.4 is 0 Å². The van der Waals surface area contributed by atoms with Gasteiger partial charge in [0.15, 0.2) is 0 Å². The Labute approximate surface area is 70.1 Å². The minimum atomic E-state index is -0.407. The van der Waals surface area contributed by atoms with Crippen molar-refractivity contribution < 1.29 is 18.7 Å². The van der Waals surface area contributed by atoms with Crippen LogP contribution in [0.5, 0.6) is 0 Å². The molecule has 66 valence electrons. The average Bonchev–Trinajstić information content (AvgIpc) is 2.52. The summed E-state index contributed by atoms with van der Waals surface area (Å²) in [6.07, 6.45) is 1.43. The fourth-order valence-corrected chi connectivity index (χ4v) is 0.875. The van der Waals surface area contributed by atoms with E-state index in [4.69, 9.17) is 9.15 Å². The summed E-state index contributed by atoms with van der Waals surface area (Å²) in [7, 11) is 2.86. The van der Waals surface area contributed by atoms with Gasteiger partial charge in [0.05, 0.1) is 13.4 Å². The topological polar surface area (TPSA) is 48.7 Å². The van der Waals surface area contributed by atoms with Gasteiger partial charge in [0.2, 0.25) is 0 Å². The molecule has 0 spiro atoms. The summed E-state index contributed by atoms with van der Waals surface area (Å²) in [6.45, 7) is 0.275. The van der Waals surface area contributed by atoms with E-state index in [-0.39, 0.29) is 6.61 Å². The van der Waals surface area contributed by atoms with Crippen LogP contribution in [-0.2, 0) is 16.1 Å². The summed E-state index contributed by atoms with van der Waals surface area (Å²) in [5.74, 6) is 0.0835. The van der Waals surface area contributed by atoms with E-state index in [1.807, 2.05) is 0 Å². The average molecular weight is 170 g/mol. The van der Waals surface area contributed by atoms with Crippen LogP contribution in [0.15, 0.2) is 16.7 Å². The van der Waals surface area contributed by atoms with Crippen molar-refractivity contribution in [2.75, 3.05) is 14.2 Å². The number of carbonyl (C=O) groups excluding carboxylic acids is 1. The highest BCUT2D eigenvalue weighted by Gasteiger charge is 2.13. The first kappa shape index (κ1) is 8.80. The Kier molecular flexibility index (Phi) is 2.88. The van der Waals surface area contributed by atoms with Gasteiger partial charge in [0, 0.05) is 7.11 Å². The molecule has 4 heteroatoms. The number of furan rings is 1. The first-order valence-corrected chi connectivity index (χ1v) is 3.43. The van der Waals surface area contributed by atoms with Gasteiger partial charge >= 0.3 is 5.97 Å². The predicted octanol–water partition coefficient (Wildman–Crippen LogP) is 1.21. The lowest BCUT2D eigenvalue weighted by Crippen LogP contribution is -2.03. The highest BCUT2D eigenvalue weighted by Crippen LogP contribution is 2.12. The molecule has 0 saturated heterocycles. The molecule has 0 amide bonds. The first-order valence-electron chi connectivity index (χ1n) is 3.43. The highest BCUT2D eigenvalue weighted by atomic mass is 16.5. The van der Waals surface area contributed by atoms with Crippen LogP contribution in [0.3, 0.4) is 0 Å². The second kappa shape index (κ2) is 3.92. The largest absolute Gasteiger partial charge is 0.466 e. The molecule has 1 rings (SSSR count). The molecular weight excluding hydrogens is 160 g/mol. The number of rotatable bonds is 3. The molecule has 0 aliphatic heterocycles. The number of hydrogen-bond acceptors (Lipinski definition) is 4. The molecule has 1 heterocycles. The van der Waals surface area contributed by atoms with Gasteiger partial charge in [0.25, 0.3) is 0 Å². The van der Waals surface area contributed by atoms with E-state index in [1.54, 1.807) is 6.07 Å². The predicted molar refractivity (Wildman–Crippen MR) is 40.8 cm³/mol. The van der Waals surface area contributed by atoms with Gasteiger partial charge in [-0.05, 0) is 6.07 Å². The maximum atomic E-state index is 11.0. The second-order valence-corrected chi connectivity index (χ2v) is 2.18. The summed E-state index contributed by atoms with van der Waals surface area (Å²) in [5.41, 5.74) is 0.416. The van der Waals surface area contributed by atoms with Crippen LogP contribution >= 0.6 is 0 Å². The third kappa shape index (κ3) is 1.65. The van der Waals surface area contributed by atoms with Gasteiger partial charge in [-0.25, -0.2) is 4.79 Å². The number of esters is 1. The molecular formula is C8H10O4. The summed E-state index contributed by atoms with van der Waals surface area (Å²) in [4.78, 5) is 11.0. The van der Waals surface area contributed by atoms with E-state index < -0.39 is 5.97 Å². The zero-order valence-corrected chi connectivity index (χ0v) is 6.99. The van der Waals surface area contributed by atoms with E-state index in [0.29, 0.717) is 11.3 Å². The van der Waals surface area contributed by atoms with Crippen LogP contribution in [0.4, 0.5) is 0 Å². The smallest absolute Gasteiger partial charge is 0.341 e. The Balaban J connectivity index is 2.83. The number of hydrogen-bond donors (Lipinski definition) is 0. The van der Waals surface area contributed by atoms with Crippen LogP contribution in [0.1, 0.15) is 16.1 Å². The minimum Gasteiger partial charge on any atom is -0.466 e. The molecule has 0 N–H and O–H groups in total. The molecule has 0 saturated carbocycles. The van der Waals surface area contributed by atoms with Crippen molar-refractivity contribution in [3.63, 3.8) is 0 Å². The maximum Gasteiger partial charge on any atom is 0.341 e. The number of methoxy groups -OCH3 is 2. The molecule has 0 radical (unpaired) electrons. The van der Waals surface area contributed by atoms with Gasteiger partial charge < -0.3 is 13.9 Å². The van der Waals surface area contributed by atoms with Gasteiger partial charge in [-0.2, -0.15) is 0 Å². The molecule has 1 aromatic rings. The molecule has 12 heavy (non-hydrogen) atoms. The van der Waals surface area contributed by atoms with Gasteiger partial charge in [-0.15, -0.1) is 0 Å². The van der Waals surface area contributed by atoms with Crippen molar-refractivity contribution in [3.8, 4) is 0 Å².